The van der Waals surface area contributed by atoms with Crippen molar-refractivity contribution < 1.29 is 9.53 Å². The third kappa shape index (κ3) is 5.36. The van der Waals surface area contributed by atoms with Crippen LogP contribution in [0.1, 0.15) is 44.9 Å². The number of nitrogens with one attached hydrogen (secondary N) is 1. The van der Waals surface area contributed by atoms with Gasteiger partial charge >= 0.3 is 5.97 Å². The van der Waals surface area contributed by atoms with E-state index < -0.39 is 0 Å². The fraction of sp³-hybridized carbons (Fsp3) is 0.889. The molecule has 0 spiro atoms. The molecule has 1 aliphatic carbocycles. The summed E-state index contributed by atoms with van der Waals surface area (Å²) in [6.45, 7) is 3.68. The molecule has 1 aliphatic heterocycles. The van der Waals surface area contributed by atoms with Gasteiger partial charge in [0.2, 0.25) is 0 Å². The minimum absolute atomic E-state index is 0.0433. The third-order valence-electron chi connectivity index (χ3n) is 5.49. The first-order chi connectivity index (χ1) is 11.7. The lowest BCUT2D eigenvalue weighted by Gasteiger charge is -2.34. The van der Waals surface area contributed by atoms with E-state index in [0.29, 0.717) is 0 Å². The molecule has 0 unspecified atom stereocenters. The van der Waals surface area contributed by atoms with E-state index in [9.17, 15) is 4.79 Å². The highest BCUT2D eigenvalue weighted by Gasteiger charge is 2.27. The zero-order valence-corrected chi connectivity index (χ0v) is 15.6. The van der Waals surface area contributed by atoms with Gasteiger partial charge in [-0.2, -0.15) is 0 Å². The number of esters is 1. The summed E-state index contributed by atoms with van der Waals surface area (Å²) in [5.41, 5.74) is 0. The maximum atomic E-state index is 11.6. The Kier molecular flexibility index (Phi) is 7.82. The molecule has 2 rings (SSSR count). The van der Waals surface area contributed by atoms with Gasteiger partial charge in [0.05, 0.1) is 13.0 Å². The van der Waals surface area contributed by atoms with Gasteiger partial charge in [0.25, 0.3) is 0 Å². The number of aliphatic imine (C=N–C) groups is 1. The number of hydrogen-bond donors (Lipinski definition) is 1. The number of piperidine rings is 1. The van der Waals surface area contributed by atoms with Crippen molar-refractivity contribution in [2.45, 2.75) is 51.0 Å². The fourth-order valence-electron chi connectivity index (χ4n) is 3.87. The zero-order valence-electron chi connectivity index (χ0n) is 15.6. The number of likely N-dealkylation sites (tertiary alicyclic amines) is 1. The number of nitrogens with zero attached hydrogens (tertiary/aromatic N) is 3. The molecule has 1 saturated carbocycles. The largest absolute Gasteiger partial charge is 0.469 e. The van der Waals surface area contributed by atoms with E-state index in [-0.39, 0.29) is 11.9 Å². The van der Waals surface area contributed by atoms with Gasteiger partial charge in [-0.15, -0.1) is 0 Å². The Balaban J connectivity index is 1.70. The van der Waals surface area contributed by atoms with Crippen LogP contribution < -0.4 is 5.32 Å². The lowest BCUT2D eigenvalue weighted by Crippen LogP contribution is -2.48. The molecule has 1 N–H and O–H groups in total. The normalized spacial score (nSPS) is 21.2. The molecule has 0 aromatic carbocycles. The van der Waals surface area contributed by atoms with E-state index >= 15 is 0 Å². The topological polar surface area (TPSA) is 57.2 Å². The minimum atomic E-state index is -0.0771. The van der Waals surface area contributed by atoms with Crippen LogP contribution in [0.15, 0.2) is 4.99 Å². The Hall–Kier alpha value is -1.30. The monoisotopic (exact) mass is 338 g/mol. The second-order valence-corrected chi connectivity index (χ2v) is 7.03. The summed E-state index contributed by atoms with van der Waals surface area (Å²) in [5.74, 6) is 0.920. The van der Waals surface area contributed by atoms with Gasteiger partial charge in [0, 0.05) is 39.3 Å². The summed E-state index contributed by atoms with van der Waals surface area (Å²) in [6, 6.07) is 0.748. The number of methoxy groups -OCH3 is 1. The summed E-state index contributed by atoms with van der Waals surface area (Å²) in [6.07, 6.45) is 8.51. The highest BCUT2D eigenvalue weighted by molar-refractivity contribution is 5.80. The molecule has 2 fully saturated rings. The summed E-state index contributed by atoms with van der Waals surface area (Å²) >= 11 is 0. The Morgan fingerprint density at radius 1 is 1.21 bits per heavy atom. The van der Waals surface area contributed by atoms with Gasteiger partial charge < -0.3 is 19.9 Å². The van der Waals surface area contributed by atoms with Crippen molar-refractivity contribution in [2.75, 3.05) is 47.4 Å². The summed E-state index contributed by atoms with van der Waals surface area (Å²) in [5, 5.41) is 3.49. The zero-order chi connectivity index (χ0) is 17.4. The minimum Gasteiger partial charge on any atom is -0.469 e. The standard InChI is InChI=1S/C18H34N4O2/c1-19-18(22-12-9-15(10-13-22)17(23)24-3)20-11-14-21(2)16-7-5-4-6-8-16/h15-16H,4-14H2,1-3H3,(H,19,20). The molecule has 6 heteroatoms. The first-order valence-corrected chi connectivity index (χ1v) is 9.39. The van der Waals surface area contributed by atoms with Crippen LogP contribution in [0.3, 0.4) is 0 Å². The van der Waals surface area contributed by atoms with Crippen LogP contribution in [-0.4, -0.2) is 75.2 Å². The number of carbonyl (C=O) groups is 1. The summed E-state index contributed by atoms with van der Waals surface area (Å²) in [7, 11) is 5.54. The summed E-state index contributed by atoms with van der Waals surface area (Å²) < 4.78 is 4.85. The van der Waals surface area contributed by atoms with E-state index in [1.807, 2.05) is 7.05 Å². The molecule has 0 aromatic heterocycles. The second-order valence-electron chi connectivity index (χ2n) is 7.03. The van der Waals surface area contributed by atoms with Crippen LogP contribution in [0.4, 0.5) is 0 Å². The molecule has 0 bridgehead atoms. The number of ether oxygens (including phenoxy) is 1. The number of rotatable bonds is 5. The lowest BCUT2D eigenvalue weighted by molar-refractivity contribution is -0.146. The third-order valence-corrected chi connectivity index (χ3v) is 5.49. The smallest absolute Gasteiger partial charge is 0.308 e. The van der Waals surface area contributed by atoms with Crippen LogP contribution >= 0.6 is 0 Å². The molecule has 0 radical (unpaired) electrons. The van der Waals surface area contributed by atoms with Gasteiger partial charge in [-0.3, -0.25) is 9.79 Å². The number of likely N-dealkylation sites (N-methyl/N-ethyl adjacent to an activating group) is 1. The Bertz CT molecular complexity index is 413. The van der Waals surface area contributed by atoms with E-state index in [1.54, 1.807) is 0 Å². The highest BCUT2D eigenvalue weighted by Crippen LogP contribution is 2.21. The number of hydrogen-bond acceptors (Lipinski definition) is 4. The van der Waals surface area contributed by atoms with Crippen LogP contribution in [0.25, 0.3) is 0 Å². The van der Waals surface area contributed by atoms with E-state index in [0.717, 1.165) is 51.0 Å². The molecule has 2 aliphatic rings. The van der Waals surface area contributed by atoms with Crippen LogP contribution in [0, 0.1) is 5.92 Å². The SMILES string of the molecule is CN=C(NCCN(C)C1CCCCC1)N1CCC(C(=O)OC)CC1. The highest BCUT2D eigenvalue weighted by atomic mass is 16.5. The average molecular weight is 338 g/mol. The maximum Gasteiger partial charge on any atom is 0.308 e. The van der Waals surface area contributed by atoms with Crippen molar-refractivity contribution in [2.24, 2.45) is 10.9 Å². The van der Waals surface area contributed by atoms with Crippen molar-refractivity contribution in [1.82, 2.24) is 15.1 Å². The van der Waals surface area contributed by atoms with Gasteiger partial charge in [-0.1, -0.05) is 19.3 Å². The molecule has 0 aromatic rings. The van der Waals surface area contributed by atoms with Gasteiger partial charge in [-0.05, 0) is 32.7 Å². The number of guanidine groups is 1. The first-order valence-electron chi connectivity index (χ1n) is 9.39. The molecule has 1 heterocycles. The second kappa shape index (κ2) is 9.87. The Labute approximate surface area is 146 Å². The number of carbonyl (C=O) groups excluding carboxylic acids is 1. The Morgan fingerprint density at radius 3 is 2.46 bits per heavy atom. The molecule has 0 atom stereocenters. The van der Waals surface area contributed by atoms with Gasteiger partial charge in [0.1, 0.15) is 0 Å². The quantitative estimate of drug-likeness (QED) is 0.470. The van der Waals surface area contributed by atoms with Crippen molar-refractivity contribution >= 4 is 11.9 Å². The van der Waals surface area contributed by atoms with Gasteiger partial charge in [0.15, 0.2) is 5.96 Å². The fourth-order valence-corrected chi connectivity index (χ4v) is 3.87. The van der Waals surface area contributed by atoms with E-state index in [1.165, 1.54) is 39.2 Å². The van der Waals surface area contributed by atoms with Crippen molar-refractivity contribution in [3.8, 4) is 0 Å². The Morgan fingerprint density at radius 2 is 1.88 bits per heavy atom. The molecule has 138 valence electrons. The predicted molar refractivity (Wildman–Crippen MR) is 97.2 cm³/mol. The molecule has 0 amide bonds. The van der Waals surface area contributed by atoms with Crippen LogP contribution in [0.2, 0.25) is 0 Å². The van der Waals surface area contributed by atoms with Gasteiger partial charge in [-0.25, -0.2) is 0 Å². The van der Waals surface area contributed by atoms with Crippen molar-refractivity contribution in [3.05, 3.63) is 0 Å². The lowest BCUT2D eigenvalue weighted by atomic mass is 9.94. The summed E-state index contributed by atoms with van der Waals surface area (Å²) in [4.78, 5) is 20.8. The first kappa shape index (κ1) is 19.0. The van der Waals surface area contributed by atoms with Crippen LogP contribution in [0.5, 0.6) is 0 Å². The van der Waals surface area contributed by atoms with E-state index in [2.05, 4.69) is 27.2 Å². The van der Waals surface area contributed by atoms with E-state index in [4.69, 9.17) is 4.74 Å². The average Bonchev–Trinajstić information content (AvgIpc) is 2.65. The molecule has 24 heavy (non-hydrogen) atoms. The van der Waals surface area contributed by atoms with Crippen molar-refractivity contribution in [3.63, 3.8) is 0 Å². The maximum absolute atomic E-state index is 11.6. The molecular weight excluding hydrogens is 304 g/mol. The van der Waals surface area contributed by atoms with Crippen molar-refractivity contribution in [1.29, 1.82) is 0 Å². The van der Waals surface area contributed by atoms with Crippen LogP contribution in [-0.2, 0) is 9.53 Å². The molecule has 1 saturated heterocycles. The molecule has 6 nitrogen and oxygen atoms in total. The molecular formula is C18H34N4O2. The predicted octanol–water partition coefficient (Wildman–Crippen LogP) is 1.71.